The maximum atomic E-state index is 4.09. The number of benzene rings is 3. The van der Waals surface area contributed by atoms with Crippen LogP contribution >= 0.6 is 0 Å². The number of nitrogens with one attached hydrogen (secondary N) is 2. The molecule has 6 rings (SSSR count). The van der Waals surface area contributed by atoms with Crippen LogP contribution in [0.25, 0.3) is 21.7 Å². The van der Waals surface area contributed by atoms with E-state index in [9.17, 15) is 0 Å². The third kappa shape index (κ3) is 2.81. The summed E-state index contributed by atoms with van der Waals surface area (Å²) < 4.78 is 0. The third-order valence-corrected chi connectivity index (χ3v) is 7.52. The van der Waals surface area contributed by atoms with E-state index in [2.05, 4.69) is 78.7 Å². The highest BCUT2D eigenvalue weighted by Crippen LogP contribution is 2.46. The molecule has 0 radical (unpaired) electrons. The molecule has 1 aliphatic carbocycles. The van der Waals surface area contributed by atoms with E-state index in [0.29, 0.717) is 18.0 Å². The summed E-state index contributed by atoms with van der Waals surface area (Å²) >= 11 is 0. The van der Waals surface area contributed by atoms with Gasteiger partial charge < -0.3 is 10.3 Å². The van der Waals surface area contributed by atoms with Crippen LogP contribution in [0.2, 0.25) is 0 Å². The number of H-pyrrole nitrogens is 1. The van der Waals surface area contributed by atoms with Gasteiger partial charge in [0.05, 0.1) is 6.04 Å². The van der Waals surface area contributed by atoms with Crippen molar-refractivity contribution in [3.63, 3.8) is 0 Å². The molecule has 4 aromatic rings. The van der Waals surface area contributed by atoms with Crippen molar-refractivity contribution < 1.29 is 0 Å². The molecule has 2 heteroatoms. The molecule has 0 spiro atoms. The van der Waals surface area contributed by atoms with Crippen molar-refractivity contribution in [2.75, 3.05) is 0 Å². The first-order chi connectivity index (χ1) is 14.7. The Kier molecular flexibility index (Phi) is 4.24. The zero-order valence-electron chi connectivity index (χ0n) is 18.0. The molecule has 0 saturated heterocycles. The molecule has 1 aliphatic heterocycles. The van der Waals surface area contributed by atoms with Crippen LogP contribution in [-0.4, -0.2) is 11.0 Å². The predicted molar refractivity (Wildman–Crippen MR) is 126 cm³/mol. The van der Waals surface area contributed by atoms with Gasteiger partial charge in [-0.15, -0.1) is 0 Å². The molecule has 2 N–H and O–H groups in total. The van der Waals surface area contributed by atoms with Crippen LogP contribution in [0.4, 0.5) is 0 Å². The van der Waals surface area contributed by atoms with Gasteiger partial charge >= 0.3 is 0 Å². The van der Waals surface area contributed by atoms with Crippen LogP contribution < -0.4 is 5.32 Å². The van der Waals surface area contributed by atoms with E-state index in [1.165, 1.54) is 69.7 Å². The van der Waals surface area contributed by atoms with Crippen molar-refractivity contribution in [3.05, 3.63) is 82.5 Å². The Bertz CT molecular complexity index is 1240. The first-order valence-corrected chi connectivity index (χ1v) is 11.5. The summed E-state index contributed by atoms with van der Waals surface area (Å²) in [4.78, 5) is 3.90. The Labute approximate surface area is 178 Å². The van der Waals surface area contributed by atoms with E-state index < -0.39 is 0 Å². The van der Waals surface area contributed by atoms with Crippen LogP contribution in [0.15, 0.2) is 54.6 Å². The van der Waals surface area contributed by atoms with Crippen molar-refractivity contribution in [3.8, 4) is 0 Å². The third-order valence-electron chi connectivity index (χ3n) is 7.52. The lowest BCUT2D eigenvalue weighted by Crippen LogP contribution is -2.44. The number of aromatic nitrogens is 1. The van der Waals surface area contributed by atoms with Gasteiger partial charge in [0.1, 0.15) is 0 Å². The van der Waals surface area contributed by atoms with Crippen LogP contribution in [0.3, 0.4) is 0 Å². The Morgan fingerprint density at radius 2 is 1.73 bits per heavy atom. The maximum Gasteiger partial charge on any atom is 0.0519 e. The van der Waals surface area contributed by atoms with Gasteiger partial charge in [-0.3, -0.25) is 0 Å². The quantitative estimate of drug-likeness (QED) is 0.382. The van der Waals surface area contributed by atoms with E-state index >= 15 is 0 Å². The van der Waals surface area contributed by atoms with E-state index in [1.807, 2.05) is 0 Å². The first kappa shape index (κ1) is 18.2. The zero-order chi connectivity index (χ0) is 20.2. The van der Waals surface area contributed by atoms with Crippen molar-refractivity contribution in [2.45, 2.75) is 64.0 Å². The summed E-state index contributed by atoms with van der Waals surface area (Å²) in [5.41, 5.74) is 8.59. The lowest BCUT2D eigenvalue weighted by Gasteiger charge is -2.41. The molecule has 152 valence electrons. The molecule has 0 bridgehead atoms. The topological polar surface area (TPSA) is 27.8 Å². The fourth-order valence-corrected chi connectivity index (χ4v) is 6.24. The molecule has 1 aromatic heterocycles. The van der Waals surface area contributed by atoms with Crippen LogP contribution in [0.1, 0.15) is 65.6 Å². The number of aromatic amines is 1. The van der Waals surface area contributed by atoms with Gasteiger partial charge in [0.15, 0.2) is 0 Å². The normalized spacial score (nSPS) is 23.5. The average molecular weight is 395 g/mol. The number of hydrogen-bond donors (Lipinski definition) is 2. The second-order valence-corrected chi connectivity index (χ2v) is 9.52. The minimum Gasteiger partial charge on any atom is -0.357 e. The maximum absolute atomic E-state index is 4.09. The van der Waals surface area contributed by atoms with Crippen molar-refractivity contribution in [1.82, 2.24) is 10.3 Å². The molecular formula is C28H30N2. The molecule has 2 heterocycles. The summed E-state index contributed by atoms with van der Waals surface area (Å²) in [7, 11) is 0. The highest BCUT2D eigenvalue weighted by atomic mass is 15.0. The smallest absolute Gasteiger partial charge is 0.0519 e. The van der Waals surface area contributed by atoms with Crippen LogP contribution in [-0.2, 0) is 6.42 Å². The minimum atomic E-state index is 0.345. The van der Waals surface area contributed by atoms with Crippen LogP contribution in [0.5, 0.6) is 0 Å². The van der Waals surface area contributed by atoms with Crippen LogP contribution in [0, 0.1) is 13.8 Å². The van der Waals surface area contributed by atoms with Gasteiger partial charge in [-0.05, 0) is 66.6 Å². The lowest BCUT2D eigenvalue weighted by molar-refractivity contribution is 0.275. The molecule has 3 aromatic carbocycles. The minimum absolute atomic E-state index is 0.345. The molecule has 0 amide bonds. The Balaban J connectivity index is 1.51. The van der Waals surface area contributed by atoms with Gasteiger partial charge in [-0.2, -0.15) is 0 Å². The first-order valence-electron chi connectivity index (χ1n) is 11.5. The van der Waals surface area contributed by atoms with Gasteiger partial charge in [0.2, 0.25) is 0 Å². The average Bonchev–Trinajstić information content (AvgIpc) is 3.15. The van der Waals surface area contributed by atoms with Gasteiger partial charge in [0.25, 0.3) is 0 Å². The molecule has 30 heavy (non-hydrogen) atoms. The highest BCUT2D eigenvalue weighted by molar-refractivity contribution is 5.89. The molecular weight excluding hydrogens is 364 g/mol. The molecule has 1 fully saturated rings. The van der Waals surface area contributed by atoms with Crippen molar-refractivity contribution in [2.24, 2.45) is 0 Å². The van der Waals surface area contributed by atoms with Crippen molar-refractivity contribution >= 4 is 21.7 Å². The fraction of sp³-hybridized carbons (Fsp3) is 0.357. The summed E-state index contributed by atoms with van der Waals surface area (Å²) in [6, 6.07) is 21.2. The second kappa shape index (κ2) is 6.99. The summed E-state index contributed by atoms with van der Waals surface area (Å²) in [5, 5.41) is 8.29. The van der Waals surface area contributed by atoms with E-state index in [-0.39, 0.29) is 0 Å². The van der Waals surface area contributed by atoms with Gasteiger partial charge in [-0.1, -0.05) is 66.9 Å². The largest absolute Gasteiger partial charge is 0.357 e. The summed E-state index contributed by atoms with van der Waals surface area (Å²) in [5.74, 6) is 0.646. The van der Waals surface area contributed by atoms with E-state index in [1.54, 1.807) is 5.56 Å². The molecule has 0 unspecified atom stereocenters. The standard InChI is InChI=1S/C28H30N2/c1-17-14-18(2)27-23(15-17)26-22-12-5-6-13-24(22)29-25(28(26)30-27)16-20-10-7-9-19-8-3-4-11-21(19)20/h3-4,7-11,14-15,22,24-25,29-30H,5-6,12-13,16H2,1-2H3/t22-,24-,25+/m1/s1. The Morgan fingerprint density at radius 1 is 0.900 bits per heavy atom. The van der Waals surface area contributed by atoms with E-state index in [0.717, 1.165) is 6.42 Å². The second-order valence-electron chi connectivity index (χ2n) is 9.52. The number of fused-ring (bicyclic) bond motifs is 6. The Hall–Kier alpha value is -2.58. The highest BCUT2D eigenvalue weighted by Gasteiger charge is 2.38. The summed E-state index contributed by atoms with van der Waals surface area (Å²) in [6.07, 6.45) is 6.35. The van der Waals surface area contributed by atoms with Crippen molar-refractivity contribution in [1.29, 1.82) is 0 Å². The Morgan fingerprint density at radius 3 is 2.67 bits per heavy atom. The van der Waals surface area contributed by atoms with E-state index in [4.69, 9.17) is 0 Å². The molecule has 1 saturated carbocycles. The lowest BCUT2D eigenvalue weighted by atomic mass is 9.74. The molecule has 3 atom stereocenters. The fourth-order valence-electron chi connectivity index (χ4n) is 6.24. The zero-order valence-corrected chi connectivity index (χ0v) is 18.0. The molecule has 2 nitrogen and oxygen atoms in total. The number of rotatable bonds is 2. The monoisotopic (exact) mass is 394 g/mol. The number of aryl methyl sites for hydroxylation is 2. The number of hydrogen-bond acceptors (Lipinski definition) is 1. The van der Waals surface area contributed by atoms with Gasteiger partial charge in [0, 0.05) is 28.6 Å². The predicted octanol–water partition coefficient (Wildman–Crippen LogP) is 6.85. The SMILES string of the molecule is Cc1cc(C)c2[nH]c3c(c2c1)[C@@H]1CCCC[C@H]1N[C@H]3Cc1cccc2ccccc12. The summed E-state index contributed by atoms with van der Waals surface area (Å²) in [6.45, 7) is 4.49. The molecule has 2 aliphatic rings. The van der Waals surface area contributed by atoms with Gasteiger partial charge in [-0.25, -0.2) is 0 Å².